The maximum Gasteiger partial charge on any atom is 0.269 e. The summed E-state index contributed by atoms with van der Waals surface area (Å²) in [6.07, 6.45) is 6.33. The van der Waals surface area contributed by atoms with Crippen LogP contribution in [0.4, 0.5) is 0 Å². The molecule has 6 heteroatoms. The first kappa shape index (κ1) is 12.8. The maximum absolute atomic E-state index is 12.2. The number of aromatic nitrogens is 3. The van der Waals surface area contributed by atoms with Gasteiger partial charge in [0.15, 0.2) is 0 Å². The zero-order valence-corrected chi connectivity index (χ0v) is 10.9. The van der Waals surface area contributed by atoms with Gasteiger partial charge in [0.25, 0.3) is 5.91 Å². The Hall–Kier alpha value is -2.21. The first-order valence-electron chi connectivity index (χ1n) is 6.64. The van der Waals surface area contributed by atoms with Gasteiger partial charge in [-0.3, -0.25) is 14.9 Å². The molecule has 6 nitrogen and oxygen atoms in total. The third kappa shape index (κ3) is 2.55. The number of nitrogens with zero attached hydrogens (tertiary/aromatic N) is 2. The molecule has 2 aromatic rings. The van der Waals surface area contributed by atoms with E-state index < -0.39 is 0 Å². The number of carbonyl (C=O) groups is 1. The third-order valence-electron chi connectivity index (χ3n) is 3.62. The van der Waals surface area contributed by atoms with E-state index in [-0.39, 0.29) is 12.0 Å². The van der Waals surface area contributed by atoms with Crippen LogP contribution in [0.5, 0.6) is 0 Å². The summed E-state index contributed by atoms with van der Waals surface area (Å²) in [6, 6.07) is 3.67. The molecule has 104 valence electrons. The van der Waals surface area contributed by atoms with Crippen LogP contribution in [0.2, 0.25) is 0 Å². The summed E-state index contributed by atoms with van der Waals surface area (Å²) in [5, 5.41) is 18.8. The molecule has 2 heterocycles. The maximum atomic E-state index is 12.2. The molecule has 2 aromatic heterocycles. The quantitative estimate of drug-likeness (QED) is 0.773. The van der Waals surface area contributed by atoms with E-state index in [1.54, 1.807) is 18.6 Å². The number of amides is 1. The third-order valence-corrected chi connectivity index (χ3v) is 3.62. The van der Waals surface area contributed by atoms with Gasteiger partial charge in [-0.15, -0.1) is 0 Å². The van der Waals surface area contributed by atoms with Crippen molar-refractivity contribution in [2.75, 3.05) is 6.54 Å². The van der Waals surface area contributed by atoms with Gasteiger partial charge in [-0.25, -0.2) is 0 Å². The number of carbonyl (C=O) groups excluding carboxylic acids is 1. The number of hydrogen-bond acceptors (Lipinski definition) is 4. The van der Waals surface area contributed by atoms with Gasteiger partial charge < -0.3 is 10.4 Å². The Kier molecular flexibility index (Phi) is 3.47. The Morgan fingerprint density at radius 2 is 2.15 bits per heavy atom. The molecule has 1 saturated carbocycles. The average Bonchev–Trinajstić information content (AvgIpc) is 2.92. The normalized spacial score (nSPS) is 21.2. The molecule has 0 radical (unpaired) electrons. The molecule has 0 bridgehead atoms. The summed E-state index contributed by atoms with van der Waals surface area (Å²) in [4.78, 5) is 16.1. The van der Waals surface area contributed by atoms with E-state index in [1.165, 1.54) is 0 Å². The van der Waals surface area contributed by atoms with Crippen LogP contribution in [-0.4, -0.2) is 38.8 Å². The average molecular weight is 272 g/mol. The SMILES string of the molecule is O=C(NCC1CC(O)C1)c1[nH]ncc1-c1ccncc1. The van der Waals surface area contributed by atoms with Gasteiger partial charge in [-0.05, 0) is 36.5 Å². The monoisotopic (exact) mass is 272 g/mol. The summed E-state index contributed by atoms with van der Waals surface area (Å²) in [7, 11) is 0. The molecule has 0 atom stereocenters. The molecule has 1 amide bonds. The molecule has 3 N–H and O–H groups in total. The summed E-state index contributed by atoms with van der Waals surface area (Å²) >= 11 is 0. The number of rotatable bonds is 4. The number of nitrogens with one attached hydrogen (secondary N) is 2. The second-order valence-electron chi connectivity index (χ2n) is 5.10. The predicted molar refractivity (Wildman–Crippen MR) is 72.9 cm³/mol. The van der Waals surface area contributed by atoms with Crippen molar-refractivity contribution in [3.8, 4) is 11.1 Å². The van der Waals surface area contributed by atoms with Gasteiger partial charge in [0.1, 0.15) is 5.69 Å². The molecule has 0 saturated heterocycles. The van der Waals surface area contributed by atoms with E-state index in [9.17, 15) is 9.90 Å². The highest BCUT2D eigenvalue weighted by Crippen LogP contribution is 2.26. The lowest BCUT2D eigenvalue weighted by atomic mass is 9.82. The highest BCUT2D eigenvalue weighted by Gasteiger charge is 2.27. The molecule has 1 fully saturated rings. The van der Waals surface area contributed by atoms with E-state index in [1.807, 2.05) is 12.1 Å². The van der Waals surface area contributed by atoms with Crippen LogP contribution in [0.25, 0.3) is 11.1 Å². The number of aliphatic hydroxyl groups excluding tert-OH is 1. The fourth-order valence-corrected chi connectivity index (χ4v) is 2.40. The van der Waals surface area contributed by atoms with Crippen molar-refractivity contribution in [2.45, 2.75) is 18.9 Å². The van der Waals surface area contributed by atoms with Crippen LogP contribution in [0.1, 0.15) is 23.3 Å². The Balaban J connectivity index is 1.68. The Morgan fingerprint density at radius 3 is 2.85 bits per heavy atom. The van der Waals surface area contributed by atoms with Crippen molar-refractivity contribution in [1.29, 1.82) is 0 Å². The molecule has 0 spiro atoms. The minimum Gasteiger partial charge on any atom is -0.393 e. The van der Waals surface area contributed by atoms with E-state index in [0.717, 1.165) is 24.0 Å². The Bertz CT molecular complexity index is 590. The van der Waals surface area contributed by atoms with Gasteiger partial charge in [0.05, 0.1) is 12.3 Å². The zero-order chi connectivity index (χ0) is 13.9. The van der Waals surface area contributed by atoms with Crippen LogP contribution in [0.15, 0.2) is 30.7 Å². The van der Waals surface area contributed by atoms with E-state index in [2.05, 4.69) is 20.5 Å². The Labute approximate surface area is 116 Å². The lowest BCUT2D eigenvalue weighted by molar-refractivity contribution is 0.0420. The second kappa shape index (κ2) is 5.42. The van der Waals surface area contributed by atoms with Crippen LogP contribution < -0.4 is 5.32 Å². The van der Waals surface area contributed by atoms with E-state index in [0.29, 0.717) is 18.2 Å². The molecule has 1 aliphatic rings. The lowest BCUT2D eigenvalue weighted by Gasteiger charge is -2.31. The largest absolute Gasteiger partial charge is 0.393 e. The highest BCUT2D eigenvalue weighted by molar-refractivity contribution is 5.98. The van der Waals surface area contributed by atoms with Gasteiger partial charge in [-0.2, -0.15) is 5.10 Å². The molecule has 3 rings (SSSR count). The fourth-order valence-electron chi connectivity index (χ4n) is 2.40. The topological polar surface area (TPSA) is 90.9 Å². The van der Waals surface area contributed by atoms with Crippen molar-refractivity contribution in [2.24, 2.45) is 5.92 Å². The zero-order valence-electron chi connectivity index (χ0n) is 10.9. The summed E-state index contributed by atoms with van der Waals surface area (Å²) in [5.74, 6) is 0.206. The minimum absolute atomic E-state index is 0.171. The van der Waals surface area contributed by atoms with E-state index in [4.69, 9.17) is 0 Å². The highest BCUT2D eigenvalue weighted by atomic mass is 16.3. The van der Waals surface area contributed by atoms with Crippen molar-refractivity contribution in [1.82, 2.24) is 20.5 Å². The van der Waals surface area contributed by atoms with Gasteiger partial charge in [-0.1, -0.05) is 0 Å². The smallest absolute Gasteiger partial charge is 0.269 e. The second-order valence-corrected chi connectivity index (χ2v) is 5.10. The van der Waals surface area contributed by atoms with Crippen LogP contribution in [0.3, 0.4) is 0 Å². The molecule has 0 aromatic carbocycles. The van der Waals surface area contributed by atoms with Gasteiger partial charge in [0.2, 0.25) is 0 Å². The van der Waals surface area contributed by atoms with Crippen molar-refractivity contribution < 1.29 is 9.90 Å². The first-order valence-corrected chi connectivity index (χ1v) is 6.64. The van der Waals surface area contributed by atoms with Gasteiger partial charge >= 0.3 is 0 Å². The number of aromatic amines is 1. The van der Waals surface area contributed by atoms with Crippen LogP contribution in [-0.2, 0) is 0 Å². The number of aliphatic hydroxyl groups is 1. The molecule has 0 aliphatic heterocycles. The summed E-state index contributed by atoms with van der Waals surface area (Å²) in [5.41, 5.74) is 2.12. The summed E-state index contributed by atoms with van der Waals surface area (Å²) < 4.78 is 0. The van der Waals surface area contributed by atoms with Crippen LogP contribution in [0, 0.1) is 5.92 Å². The molecule has 0 unspecified atom stereocenters. The predicted octanol–water partition coefficient (Wildman–Crippen LogP) is 0.972. The van der Waals surface area contributed by atoms with Crippen molar-refractivity contribution >= 4 is 5.91 Å². The van der Waals surface area contributed by atoms with E-state index >= 15 is 0 Å². The molecular formula is C14H16N4O2. The minimum atomic E-state index is -0.198. The number of H-pyrrole nitrogens is 1. The fraction of sp³-hybridized carbons (Fsp3) is 0.357. The Morgan fingerprint density at radius 1 is 1.40 bits per heavy atom. The molecule has 1 aliphatic carbocycles. The molecular weight excluding hydrogens is 256 g/mol. The number of pyridine rings is 1. The van der Waals surface area contributed by atoms with Crippen molar-refractivity contribution in [3.05, 3.63) is 36.4 Å². The van der Waals surface area contributed by atoms with Crippen LogP contribution >= 0.6 is 0 Å². The summed E-state index contributed by atoms with van der Waals surface area (Å²) in [6.45, 7) is 0.588. The van der Waals surface area contributed by atoms with Gasteiger partial charge in [0, 0.05) is 24.5 Å². The number of hydrogen-bond donors (Lipinski definition) is 3. The lowest BCUT2D eigenvalue weighted by Crippen LogP contribution is -2.38. The molecule has 20 heavy (non-hydrogen) atoms. The first-order chi connectivity index (χ1) is 9.74. The standard InChI is InChI=1S/C14H16N4O2/c19-11-5-9(6-11)7-16-14(20)13-12(8-17-18-13)10-1-3-15-4-2-10/h1-4,8-9,11,19H,5-7H2,(H,16,20)(H,17,18). The van der Waals surface area contributed by atoms with Crippen molar-refractivity contribution in [3.63, 3.8) is 0 Å².